The summed E-state index contributed by atoms with van der Waals surface area (Å²) in [5.74, 6) is -0.224. The van der Waals surface area contributed by atoms with Crippen molar-refractivity contribution in [2.45, 2.75) is 13.5 Å². The zero-order valence-corrected chi connectivity index (χ0v) is 15.9. The SMILES string of the molecule is CCn1c(=NC(=O)c2ccc3ncsc3c2)sc2cc(Br)ccc21. The van der Waals surface area contributed by atoms with E-state index in [0.717, 1.165) is 36.3 Å². The first-order chi connectivity index (χ1) is 11.7. The van der Waals surface area contributed by atoms with Gasteiger partial charge in [0.15, 0.2) is 4.80 Å². The minimum atomic E-state index is -0.224. The Balaban J connectivity index is 1.84. The number of carbonyl (C=O) groups is 1. The molecule has 0 atom stereocenters. The molecule has 0 N–H and O–H groups in total. The summed E-state index contributed by atoms with van der Waals surface area (Å²) in [7, 11) is 0. The van der Waals surface area contributed by atoms with Crippen LogP contribution in [0.2, 0.25) is 0 Å². The zero-order chi connectivity index (χ0) is 16.7. The van der Waals surface area contributed by atoms with Gasteiger partial charge in [-0.3, -0.25) is 4.79 Å². The van der Waals surface area contributed by atoms with Crippen LogP contribution in [-0.4, -0.2) is 15.5 Å². The zero-order valence-electron chi connectivity index (χ0n) is 12.7. The molecule has 0 unspecified atom stereocenters. The predicted molar refractivity (Wildman–Crippen MR) is 103 cm³/mol. The Bertz CT molecular complexity index is 1140. The highest BCUT2D eigenvalue weighted by Gasteiger charge is 2.10. The van der Waals surface area contributed by atoms with E-state index < -0.39 is 0 Å². The van der Waals surface area contributed by atoms with Gasteiger partial charge in [0.2, 0.25) is 0 Å². The van der Waals surface area contributed by atoms with Crippen molar-refractivity contribution in [1.29, 1.82) is 0 Å². The minimum Gasteiger partial charge on any atom is -0.317 e. The normalized spacial score (nSPS) is 12.3. The first kappa shape index (κ1) is 15.7. The standard InChI is InChI=1S/C17H12BrN3OS2/c1-2-21-13-6-4-11(18)8-15(13)24-17(21)20-16(22)10-3-5-12-14(7-10)23-9-19-12/h3-9H,2H2,1H3. The van der Waals surface area contributed by atoms with E-state index in [2.05, 4.69) is 43.5 Å². The van der Waals surface area contributed by atoms with Gasteiger partial charge in [-0.1, -0.05) is 27.3 Å². The van der Waals surface area contributed by atoms with Crippen molar-refractivity contribution in [2.75, 3.05) is 0 Å². The molecule has 0 fully saturated rings. The lowest BCUT2D eigenvalue weighted by molar-refractivity contribution is 0.0998. The highest BCUT2D eigenvalue weighted by atomic mass is 79.9. The summed E-state index contributed by atoms with van der Waals surface area (Å²) >= 11 is 6.54. The minimum absolute atomic E-state index is 0.224. The summed E-state index contributed by atoms with van der Waals surface area (Å²) in [6.45, 7) is 2.82. The number of amides is 1. The Morgan fingerprint density at radius 1 is 1.25 bits per heavy atom. The van der Waals surface area contributed by atoms with Crippen molar-refractivity contribution >= 4 is 64.9 Å². The smallest absolute Gasteiger partial charge is 0.279 e. The molecule has 4 nitrogen and oxygen atoms in total. The van der Waals surface area contributed by atoms with E-state index in [9.17, 15) is 4.79 Å². The Hall–Kier alpha value is -1.83. The maximum Gasteiger partial charge on any atom is 0.279 e. The third-order valence-electron chi connectivity index (χ3n) is 3.74. The fraction of sp³-hybridized carbons (Fsp3) is 0.118. The molecular weight excluding hydrogens is 406 g/mol. The summed E-state index contributed by atoms with van der Waals surface area (Å²) in [5.41, 5.74) is 4.38. The summed E-state index contributed by atoms with van der Waals surface area (Å²) in [4.78, 5) is 21.9. The summed E-state index contributed by atoms with van der Waals surface area (Å²) in [5, 5.41) is 0. The van der Waals surface area contributed by atoms with Gasteiger partial charge < -0.3 is 4.57 Å². The monoisotopic (exact) mass is 417 g/mol. The van der Waals surface area contributed by atoms with Gasteiger partial charge in [-0.05, 0) is 43.3 Å². The van der Waals surface area contributed by atoms with E-state index in [1.54, 1.807) is 11.6 Å². The highest BCUT2D eigenvalue weighted by molar-refractivity contribution is 9.10. The first-order valence-corrected chi connectivity index (χ1v) is 9.86. The van der Waals surface area contributed by atoms with Gasteiger partial charge in [-0.15, -0.1) is 11.3 Å². The molecule has 4 aromatic rings. The lowest BCUT2D eigenvalue weighted by atomic mass is 10.2. The van der Waals surface area contributed by atoms with Gasteiger partial charge in [0.05, 0.1) is 25.9 Å². The number of nitrogens with zero attached hydrogens (tertiary/aromatic N) is 3. The molecule has 0 aliphatic carbocycles. The van der Waals surface area contributed by atoms with E-state index in [0.29, 0.717) is 5.56 Å². The van der Waals surface area contributed by atoms with Crippen LogP contribution in [0.4, 0.5) is 0 Å². The number of hydrogen-bond donors (Lipinski definition) is 0. The Morgan fingerprint density at radius 2 is 2.12 bits per heavy atom. The number of aromatic nitrogens is 2. The van der Waals surface area contributed by atoms with Crippen molar-refractivity contribution in [2.24, 2.45) is 4.99 Å². The molecule has 0 aliphatic rings. The third-order valence-corrected chi connectivity index (χ3v) is 6.06. The van der Waals surface area contributed by atoms with E-state index in [-0.39, 0.29) is 5.91 Å². The second-order valence-electron chi connectivity index (χ2n) is 5.19. The molecule has 0 saturated carbocycles. The van der Waals surface area contributed by atoms with Crippen molar-refractivity contribution in [1.82, 2.24) is 9.55 Å². The van der Waals surface area contributed by atoms with Crippen LogP contribution in [0.25, 0.3) is 20.4 Å². The molecule has 0 aliphatic heterocycles. The van der Waals surface area contributed by atoms with Crippen LogP contribution < -0.4 is 4.80 Å². The van der Waals surface area contributed by atoms with Gasteiger partial charge in [-0.2, -0.15) is 4.99 Å². The quantitative estimate of drug-likeness (QED) is 0.468. The second-order valence-corrected chi connectivity index (χ2v) is 8.00. The molecule has 1 amide bonds. The van der Waals surface area contributed by atoms with Crippen LogP contribution in [0.3, 0.4) is 0 Å². The van der Waals surface area contributed by atoms with Gasteiger partial charge in [0, 0.05) is 16.6 Å². The maximum absolute atomic E-state index is 12.6. The second kappa shape index (κ2) is 6.23. The van der Waals surface area contributed by atoms with Crippen LogP contribution in [0.15, 0.2) is 51.4 Å². The molecule has 2 aromatic heterocycles. The van der Waals surface area contributed by atoms with Crippen LogP contribution in [0, 0.1) is 0 Å². The highest BCUT2D eigenvalue weighted by Crippen LogP contribution is 2.23. The lowest BCUT2D eigenvalue weighted by Gasteiger charge is -2.00. The number of carbonyl (C=O) groups excluding carboxylic acids is 1. The number of thiazole rings is 2. The first-order valence-electron chi connectivity index (χ1n) is 7.37. The van der Waals surface area contributed by atoms with E-state index in [4.69, 9.17) is 0 Å². The number of hydrogen-bond acceptors (Lipinski definition) is 4. The molecule has 24 heavy (non-hydrogen) atoms. The Morgan fingerprint density at radius 3 is 2.96 bits per heavy atom. The molecule has 7 heteroatoms. The average molecular weight is 418 g/mol. The molecule has 120 valence electrons. The molecule has 0 radical (unpaired) electrons. The largest absolute Gasteiger partial charge is 0.317 e. The van der Waals surface area contributed by atoms with E-state index in [1.165, 1.54) is 22.7 Å². The summed E-state index contributed by atoms with van der Waals surface area (Å²) < 4.78 is 5.19. The van der Waals surface area contributed by atoms with Crippen LogP contribution in [-0.2, 0) is 6.54 Å². The lowest BCUT2D eigenvalue weighted by Crippen LogP contribution is -2.15. The molecule has 2 aromatic carbocycles. The van der Waals surface area contributed by atoms with Crippen molar-refractivity contribution < 1.29 is 4.79 Å². The molecular formula is C17H12BrN3OS2. The predicted octanol–water partition coefficient (Wildman–Crippen LogP) is 4.84. The van der Waals surface area contributed by atoms with Crippen molar-refractivity contribution in [3.05, 3.63) is 56.7 Å². The van der Waals surface area contributed by atoms with Crippen molar-refractivity contribution in [3.63, 3.8) is 0 Å². The fourth-order valence-electron chi connectivity index (χ4n) is 2.58. The maximum atomic E-state index is 12.6. The topological polar surface area (TPSA) is 47.2 Å². The number of fused-ring (bicyclic) bond motifs is 2. The number of aryl methyl sites for hydroxylation is 1. The van der Waals surface area contributed by atoms with E-state index >= 15 is 0 Å². The summed E-state index contributed by atoms with van der Waals surface area (Å²) in [6, 6.07) is 11.6. The van der Waals surface area contributed by atoms with Gasteiger partial charge in [0.1, 0.15) is 0 Å². The van der Waals surface area contributed by atoms with Crippen LogP contribution in [0.1, 0.15) is 17.3 Å². The van der Waals surface area contributed by atoms with E-state index in [1.807, 2.05) is 24.3 Å². The summed E-state index contributed by atoms with van der Waals surface area (Å²) in [6.07, 6.45) is 0. The number of halogens is 1. The molecule has 0 saturated heterocycles. The molecule has 4 rings (SSSR count). The van der Waals surface area contributed by atoms with Crippen LogP contribution in [0.5, 0.6) is 0 Å². The number of rotatable bonds is 2. The fourth-order valence-corrected chi connectivity index (χ4v) is 4.94. The molecule has 0 bridgehead atoms. The van der Waals surface area contributed by atoms with Crippen molar-refractivity contribution in [3.8, 4) is 0 Å². The third kappa shape index (κ3) is 2.72. The molecule has 0 spiro atoms. The van der Waals surface area contributed by atoms with Gasteiger partial charge >= 0.3 is 0 Å². The average Bonchev–Trinajstić information content (AvgIpc) is 3.17. The number of benzene rings is 2. The van der Waals surface area contributed by atoms with Gasteiger partial charge in [0.25, 0.3) is 5.91 Å². The van der Waals surface area contributed by atoms with Crippen LogP contribution >= 0.6 is 38.6 Å². The van der Waals surface area contributed by atoms with Gasteiger partial charge in [-0.25, -0.2) is 4.98 Å². The molecule has 2 heterocycles. The Labute approximate surface area is 154 Å². The Kier molecular flexibility index (Phi) is 4.07.